The van der Waals surface area contributed by atoms with Gasteiger partial charge in [-0.25, -0.2) is 0 Å². The summed E-state index contributed by atoms with van der Waals surface area (Å²) >= 11 is 0. The van der Waals surface area contributed by atoms with Gasteiger partial charge in [0.2, 0.25) is 5.91 Å². The van der Waals surface area contributed by atoms with Crippen molar-refractivity contribution in [3.63, 3.8) is 0 Å². The number of hydrogen-bond acceptors (Lipinski definition) is 10. The smallest absolute Gasteiger partial charge is 0.305 e. The number of allylic oxidation sites excluding steroid dienone is 11. The van der Waals surface area contributed by atoms with Crippen LogP contribution in [0.2, 0.25) is 0 Å². The number of rotatable bonds is 57. The average Bonchev–Trinajstić information content (AvgIpc) is 3.46. The number of aliphatic hydroxyl groups is 5. The number of aliphatic hydroxyl groups excluding tert-OH is 5. The molecule has 0 saturated carbocycles. The Morgan fingerprint density at radius 1 is 0.463 bits per heavy atom. The summed E-state index contributed by atoms with van der Waals surface area (Å²) in [7, 11) is 0. The van der Waals surface area contributed by atoms with Gasteiger partial charge in [0.1, 0.15) is 24.4 Å². The third-order valence-electron chi connectivity index (χ3n) is 15.3. The van der Waals surface area contributed by atoms with Gasteiger partial charge in [0.05, 0.1) is 32.0 Å². The molecule has 1 amide bonds. The maximum atomic E-state index is 13.0. The van der Waals surface area contributed by atoms with Crippen LogP contribution in [-0.2, 0) is 23.8 Å². The molecule has 11 nitrogen and oxygen atoms in total. The molecular weight excluding hydrogens is 1000 g/mol. The Kier molecular flexibility index (Phi) is 54.4. The normalized spacial score (nSPS) is 18.8. The Morgan fingerprint density at radius 3 is 1.35 bits per heavy atom. The van der Waals surface area contributed by atoms with Gasteiger partial charge in [0, 0.05) is 12.8 Å². The molecule has 1 saturated heterocycles. The molecule has 1 fully saturated rings. The topological polar surface area (TPSA) is 175 Å². The van der Waals surface area contributed by atoms with Crippen molar-refractivity contribution in [2.45, 2.75) is 333 Å². The van der Waals surface area contributed by atoms with Gasteiger partial charge in [0.25, 0.3) is 0 Å². The summed E-state index contributed by atoms with van der Waals surface area (Å²) in [5.41, 5.74) is 0. The molecule has 7 unspecified atom stereocenters. The standard InChI is InChI=1S/C69H123NO10/c1-3-5-7-9-11-13-15-16-33-37-41-45-49-53-57-65(74)78-58-54-50-46-42-38-34-31-29-27-25-23-21-19-17-18-20-22-24-26-28-30-32-36-40-44-48-52-56-64(73)70-61(60-79-69-68(77)67(76)66(75)63(59-71)80-69)62(72)55-51-47-43-39-35-14-12-10-8-6-4-2/h9,11,15-18,21,23,35,39,51,55,61-63,66-69,71-72,75-77H,3-8,10,12-14,19-20,22,24-34,36-38,40-50,52-54,56-60H2,1-2H3,(H,70,73)/b11-9-,16-15-,18-17-,23-21-,39-35+,55-51+. The van der Waals surface area contributed by atoms with Crippen molar-refractivity contribution in [3.05, 3.63) is 72.9 Å². The minimum atomic E-state index is -1.58. The van der Waals surface area contributed by atoms with Gasteiger partial charge in [-0.3, -0.25) is 9.59 Å². The van der Waals surface area contributed by atoms with Gasteiger partial charge in [-0.05, 0) is 103 Å². The fraction of sp³-hybridized carbons (Fsp3) is 0.797. The first-order chi connectivity index (χ1) is 39.2. The van der Waals surface area contributed by atoms with E-state index < -0.39 is 49.5 Å². The van der Waals surface area contributed by atoms with Crippen LogP contribution in [0, 0.1) is 0 Å². The number of unbranched alkanes of at least 4 members (excludes halogenated alkanes) is 33. The minimum absolute atomic E-state index is 0.0147. The van der Waals surface area contributed by atoms with E-state index in [9.17, 15) is 35.1 Å². The molecule has 0 aromatic heterocycles. The Morgan fingerprint density at radius 2 is 0.863 bits per heavy atom. The van der Waals surface area contributed by atoms with E-state index in [4.69, 9.17) is 14.2 Å². The van der Waals surface area contributed by atoms with E-state index in [1.165, 1.54) is 173 Å². The summed E-state index contributed by atoms with van der Waals surface area (Å²) in [6.45, 7) is 4.26. The predicted octanol–water partition coefficient (Wildman–Crippen LogP) is 16.3. The maximum Gasteiger partial charge on any atom is 0.305 e. The highest BCUT2D eigenvalue weighted by atomic mass is 16.7. The lowest BCUT2D eigenvalue weighted by Crippen LogP contribution is -2.60. The number of carbonyl (C=O) groups is 2. The predicted molar refractivity (Wildman–Crippen MR) is 333 cm³/mol. The summed E-state index contributed by atoms with van der Waals surface area (Å²) in [4.78, 5) is 25.1. The van der Waals surface area contributed by atoms with Crippen molar-refractivity contribution < 1.29 is 49.3 Å². The lowest BCUT2D eigenvalue weighted by Gasteiger charge is -2.40. The second-order valence-corrected chi connectivity index (χ2v) is 22.8. The highest BCUT2D eigenvalue weighted by Crippen LogP contribution is 2.23. The van der Waals surface area contributed by atoms with E-state index in [2.05, 4.69) is 79.9 Å². The van der Waals surface area contributed by atoms with Gasteiger partial charge in [0.15, 0.2) is 6.29 Å². The van der Waals surface area contributed by atoms with Crippen LogP contribution < -0.4 is 5.32 Å². The molecule has 1 heterocycles. The van der Waals surface area contributed by atoms with Crippen LogP contribution >= 0.6 is 0 Å². The summed E-state index contributed by atoms with van der Waals surface area (Å²) in [6.07, 6.45) is 67.4. The molecule has 0 radical (unpaired) electrons. The first kappa shape index (κ1) is 75.1. The quantitative estimate of drug-likeness (QED) is 0.0195. The van der Waals surface area contributed by atoms with Crippen LogP contribution in [0.15, 0.2) is 72.9 Å². The second-order valence-electron chi connectivity index (χ2n) is 22.8. The van der Waals surface area contributed by atoms with E-state index >= 15 is 0 Å². The van der Waals surface area contributed by atoms with E-state index in [-0.39, 0.29) is 18.5 Å². The van der Waals surface area contributed by atoms with E-state index in [0.29, 0.717) is 19.4 Å². The average molecular weight is 1130 g/mol. The van der Waals surface area contributed by atoms with Crippen LogP contribution in [-0.4, -0.2) is 100 Å². The molecule has 1 rings (SSSR count). The molecule has 1 aliphatic rings. The minimum Gasteiger partial charge on any atom is -0.466 e. The van der Waals surface area contributed by atoms with Crippen molar-refractivity contribution in [3.8, 4) is 0 Å². The number of ether oxygens (including phenoxy) is 3. The van der Waals surface area contributed by atoms with E-state index in [0.717, 1.165) is 89.9 Å². The molecule has 0 spiro atoms. The van der Waals surface area contributed by atoms with Crippen LogP contribution in [0.25, 0.3) is 0 Å². The highest BCUT2D eigenvalue weighted by molar-refractivity contribution is 5.76. The third kappa shape index (κ3) is 46.6. The molecule has 464 valence electrons. The molecule has 7 atom stereocenters. The molecule has 0 aromatic rings. The molecule has 0 aliphatic carbocycles. The van der Waals surface area contributed by atoms with E-state index in [1.54, 1.807) is 6.08 Å². The number of amides is 1. The maximum absolute atomic E-state index is 13.0. The molecule has 1 aliphatic heterocycles. The Balaban J connectivity index is 2.00. The fourth-order valence-electron chi connectivity index (χ4n) is 9.97. The Bertz CT molecular complexity index is 1560. The highest BCUT2D eigenvalue weighted by Gasteiger charge is 2.44. The van der Waals surface area contributed by atoms with Gasteiger partial charge in [-0.2, -0.15) is 0 Å². The summed E-state index contributed by atoms with van der Waals surface area (Å²) in [5.74, 6) is -0.212. The second kappa shape index (κ2) is 57.9. The number of nitrogens with one attached hydrogen (secondary N) is 1. The summed E-state index contributed by atoms with van der Waals surface area (Å²) in [5, 5.41) is 54.3. The first-order valence-corrected chi connectivity index (χ1v) is 33.2. The summed E-state index contributed by atoms with van der Waals surface area (Å²) < 4.78 is 16.7. The molecule has 80 heavy (non-hydrogen) atoms. The van der Waals surface area contributed by atoms with Crippen LogP contribution in [0.4, 0.5) is 0 Å². The largest absolute Gasteiger partial charge is 0.466 e. The third-order valence-corrected chi connectivity index (χ3v) is 15.3. The molecule has 6 N–H and O–H groups in total. The van der Waals surface area contributed by atoms with Crippen LogP contribution in [0.1, 0.15) is 290 Å². The molecule has 0 aromatic carbocycles. The van der Waals surface area contributed by atoms with Gasteiger partial charge < -0.3 is 45.1 Å². The van der Waals surface area contributed by atoms with Gasteiger partial charge in [-0.15, -0.1) is 0 Å². The first-order valence-electron chi connectivity index (χ1n) is 33.2. The lowest BCUT2D eigenvalue weighted by atomic mass is 9.99. The van der Waals surface area contributed by atoms with Crippen LogP contribution in [0.3, 0.4) is 0 Å². The Hall–Kier alpha value is -2.90. The molecular formula is C69H123NO10. The van der Waals surface area contributed by atoms with Crippen molar-refractivity contribution in [1.29, 1.82) is 0 Å². The van der Waals surface area contributed by atoms with Crippen molar-refractivity contribution in [1.82, 2.24) is 5.32 Å². The number of esters is 1. The molecule has 0 bridgehead atoms. The van der Waals surface area contributed by atoms with Gasteiger partial charge >= 0.3 is 5.97 Å². The van der Waals surface area contributed by atoms with Crippen molar-refractivity contribution in [2.75, 3.05) is 19.8 Å². The zero-order chi connectivity index (χ0) is 58.0. The zero-order valence-corrected chi connectivity index (χ0v) is 51.3. The lowest BCUT2D eigenvalue weighted by molar-refractivity contribution is -0.302. The Labute approximate surface area is 490 Å². The van der Waals surface area contributed by atoms with Crippen LogP contribution in [0.5, 0.6) is 0 Å². The SMILES string of the molecule is CCCC/C=C\C/C=C\CCCCCCCC(=O)OCCCCCCCCCCC/C=C\C/C=C\CCCCCCCCCCCCCC(=O)NC(COC1OC(CO)C(O)C(O)C1O)C(O)/C=C/CC/C=C/CCCCCCC. The number of carbonyl (C=O) groups excluding carboxylic acids is 2. The zero-order valence-electron chi connectivity index (χ0n) is 51.3. The van der Waals surface area contributed by atoms with Crippen molar-refractivity contribution >= 4 is 11.9 Å². The van der Waals surface area contributed by atoms with E-state index in [1.807, 2.05) is 6.08 Å². The van der Waals surface area contributed by atoms with Crippen molar-refractivity contribution in [2.24, 2.45) is 0 Å². The summed E-state index contributed by atoms with van der Waals surface area (Å²) in [6, 6.07) is -0.831. The molecule has 11 heteroatoms. The monoisotopic (exact) mass is 1130 g/mol. The number of hydrogen-bond donors (Lipinski definition) is 6. The van der Waals surface area contributed by atoms with Gasteiger partial charge in [-0.1, -0.05) is 247 Å². The fourth-order valence-corrected chi connectivity index (χ4v) is 9.97.